The number of benzene rings is 2. The molecule has 1 aliphatic rings. The van der Waals surface area contributed by atoms with Crippen molar-refractivity contribution < 1.29 is 4.79 Å². The van der Waals surface area contributed by atoms with Crippen LogP contribution < -0.4 is 5.32 Å². The first-order chi connectivity index (χ1) is 14.3. The Morgan fingerprint density at radius 2 is 1.90 bits per heavy atom. The van der Waals surface area contributed by atoms with Gasteiger partial charge in [-0.2, -0.15) is 4.68 Å². The number of rotatable bonds is 6. The van der Waals surface area contributed by atoms with Crippen LogP contribution in [0.1, 0.15) is 29.0 Å². The number of hydrogen-bond donors (Lipinski definition) is 1. The average molecular weight is 402 g/mol. The van der Waals surface area contributed by atoms with Crippen LogP contribution in [0.15, 0.2) is 65.7 Å². The van der Waals surface area contributed by atoms with Crippen molar-refractivity contribution >= 4 is 28.6 Å². The van der Waals surface area contributed by atoms with Gasteiger partial charge in [-0.15, -0.1) is 5.10 Å². The molecule has 1 saturated carbocycles. The Balaban J connectivity index is 1.43. The summed E-state index contributed by atoms with van der Waals surface area (Å²) in [6.07, 6.45) is 2.11. The fourth-order valence-corrected chi connectivity index (χ4v) is 3.93. The summed E-state index contributed by atoms with van der Waals surface area (Å²) in [6, 6.07) is 19.7. The van der Waals surface area contributed by atoms with Gasteiger partial charge < -0.3 is 5.32 Å². The third kappa shape index (κ3) is 3.84. The summed E-state index contributed by atoms with van der Waals surface area (Å²) in [6.45, 7) is 0. The number of fused-ring (bicyclic) bond motifs is 1. The number of nitrogens with one attached hydrogen (secondary N) is 1. The van der Waals surface area contributed by atoms with Crippen LogP contribution in [0.3, 0.4) is 0 Å². The highest BCUT2D eigenvalue weighted by Crippen LogP contribution is 2.27. The third-order valence-electron chi connectivity index (χ3n) is 4.73. The van der Waals surface area contributed by atoms with E-state index < -0.39 is 0 Å². The molecule has 0 aliphatic heterocycles. The van der Waals surface area contributed by atoms with Crippen molar-refractivity contribution in [1.29, 1.82) is 0 Å². The zero-order valence-corrected chi connectivity index (χ0v) is 16.3. The minimum absolute atomic E-state index is 0.0398. The van der Waals surface area contributed by atoms with Crippen LogP contribution in [0.4, 0.5) is 0 Å². The Bertz CT molecular complexity index is 1170. The van der Waals surface area contributed by atoms with E-state index in [1.807, 2.05) is 60.7 Å². The topological polar surface area (TPSA) is 85.6 Å². The molecule has 0 spiro atoms. The molecule has 1 amide bonds. The van der Waals surface area contributed by atoms with Crippen LogP contribution in [0.2, 0.25) is 0 Å². The highest BCUT2D eigenvalue weighted by Gasteiger charge is 2.25. The second-order valence-corrected chi connectivity index (χ2v) is 7.90. The largest absolute Gasteiger partial charge is 0.349 e. The first-order valence-electron chi connectivity index (χ1n) is 9.44. The van der Waals surface area contributed by atoms with Gasteiger partial charge in [0.05, 0.1) is 27.5 Å². The first kappa shape index (κ1) is 17.8. The molecule has 5 rings (SSSR count). The van der Waals surface area contributed by atoms with Crippen molar-refractivity contribution in [3.05, 3.63) is 72.1 Å². The number of para-hydroxylation sites is 2. The molecular weight excluding hydrogens is 384 g/mol. The van der Waals surface area contributed by atoms with Crippen LogP contribution in [-0.4, -0.2) is 37.1 Å². The maximum absolute atomic E-state index is 12.7. The van der Waals surface area contributed by atoms with Crippen LogP contribution in [0, 0.1) is 0 Å². The average Bonchev–Trinajstić information content (AvgIpc) is 3.45. The second-order valence-electron chi connectivity index (χ2n) is 6.90. The Labute approximate surface area is 171 Å². The Morgan fingerprint density at radius 1 is 1.10 bits per heavy atom. The minimum Gasteiger partial charge on any atom is -0.349 e. The summed E-state index contributed by atoms with van der Waals surface area (Å²) in [5, 5.41) is 16.8. The summed E-state index contributed by atoms with van der Waals surface area (Å²) in [7, 11) is 0. The summed E-state index contributed by atoms with van der Waals surface area (Å²) < 4.78 is 1.72. The van der Waals surface area contributed by atoms with Crippen LogP contribution in [0.5, 0.6) is 0 Å². The smallest absolute Gasteiger partial charge is 0.252 e. The maximum atomic E-state index is 12.7. The zero-order valence-electron chi connectivity index (χ0n) is 15.5. The predicted octanol–water partition coefficient (Wildman–Crippen LogP) is 3.40. The number of thioether (sulfide) groups is 1. The highest BCUT2D eigenvalue weighted by atomic mass is 32.2. The molecule has 0 saturated heterocycles. The lowest BCUT2D eigenvalue weighted by Crippen LogP contribution is -2.25. The molecule has 144 valence electrons. The molecule has 0 radical (unpaired) electrons. The van der Waals surface area contributed by atoms with Gasteiger partial charge in [0, 0.05) is 11.4 Å². The molecule has 0 bridgehead atoms. The lowest BCUT2D eigenvalue weighted by molar-refractivity contribution is 0.0952. The Hall–Kier alpha value is -3.26. The van der Waals surface area contributed by atoms with Crippen LogP contribution in [0.25, 0.3) is 16.6 Å². The molecule has 0 unspecified atom stereocenters. The molecule has 2 aromatic heterocycles. The molecule has 2 aromatic carbocycles. The molecule has 29 heavy (non-hydrogen) atoms. The van der Waals surface area contributed by atoms with Gasteiger partial charge in [0.2, 0.25) is 0 Å². The van der Waals surface area contributed by atoms with Crippen molar-refractivity contribution in [2.24, 2.45) is 0 Å². The summed E-state index contributed by atoms with van der Waals surface area (Å²) >= 11 is 1.51. The van der Waals surface area contributed by atoms with Gasteiger partial charge in [0.25, 0.3) is 5.91 Å². The SMILES string of the molecule is O=C(NC1CC1)c1cc(SCc2nnnn2-c2ccccc2)nc2ccccc12. The van der Waals surface area contributed by atoms with Gasteiger partial charge in [-0.05, 0) is 47.5 Å². The fourth-order valence-electron chi connectivity index (χ4n) is 3.11. The number of tetrazole rings is 1. The number of amides is 1. The van der Waals surface area contributed by atoms with Gasteiger partial charge in [-0.3, -0.25) is 4.79 Å². The number of pyridine rings is 1. The van der Waals surface area contributed by atoms with Gasteiger partial charge in [0.1, 0.15) is 0 Å². The highest BCUT2D eigenvalue weighted by molar-refractivity contribution is 7.98. The standard InChI is InChI=1S/C21H18N6OS/c28-21(22-14-10-11-14)17-12-20(23-18-9-5-4-8-16(17)18)29-13-19-24-25-26-27(19)15-6-2-1-3-7-15/h1-9,12,14H,10-11,13H2,(H,22,28). The summed E-state index contributed by atoms with van der Waals surface area (Å²) in [4.78, 5) is 17.5. The van der Waals surface area contributed by atoms with Crippen molar-refractivity contribution in [3.63, 3.8) is 0 Å². The second kappa shape index (κ2) is 7.63. The molecule has 4 aromatic rings. The lowest BCUT2D eigenvalue weighted by atomic mass is 10.1. The number of carbonyl (C=O) groups excluding carboxylic acids is 1. The van der Waals surface area contributed by atoms with E-state index in [9.17, 15) is 4.79 Å². The van der Waals surface area contributed by atoms with Crippen molar-refractivity contribution in [2.45, 2.75) is 29.7 Å². The summed E-state index contributed by atoms with van der Waals surface area (Å²) in [5.74, 6) is 1.22. The van der Waals surface area contributed by atoms with Gasteiger partial charge in [-0.25, -0.2) is 4.98 Å². The van der Waals surface area contributed by atoms with Gasteiger partial charge >= 0.3 is 0 Å². The van der Waals surface area contributed by atoms with E-state index in [2.05, 4.69) is 20.8 Å². The van der Waals surface area contributed by atoms with E-state index in [1.54, 1.807) is 4.68 Å². The normalized spacial score (nSPS) is 13.5. The maximum Gasteiger partial charge on any atom is 0.252 e. The van der Waals surface area contributed by atoms with Gasteiger partial charge in [-0.1, -0.05) is 48.2 Å². The van der Waals surface area contributed by atoms with Crippen molar-refractivity contribution in [3.8, 4) is 5.69 Å². The number of carbonyl (C=O) groups is 1. The monoisotopic (exact) mass is 402 g/mol. The number of hydrogen-bond acceptors (Lipinski definition) is 6. The molecule has 8 heteroatoms. The van der Waals surface area contributed by atoms with Crippen molar-refractivity contribution in [2.75, 3.05) is 0 Å². The molecule has 0 atom stereocenters. The van der Waals surface area contributed by atoms with E-state index in [0.29, 0.717) is 17.4 Å². The zero-order chi connectivity index (χ0) is 19.6. The lowest BCUT2D eigenvalue weighted by Gasteiger charge is -2.10. The van der Waals surface area contributed by atoms with E-state index in [-0.39, 0.29) is 5.91 Å². The fraction of sp³-hybridized carbons (Fsp3) is 0.190. The molecular formula is C21H18N6OS. The first-order valence-corrected chi connectivity index (χ1v) is 10.4. The van der Waals surface area contributed by atoms with Crippen molar-refractivity contribution in [1.82, 2.24) is 30.5 Å². The molecule has 1 N–H and O–H groups in total. The van der Waals surface area contributed by atoms with E-state index in [0.717, 1.165) is 40.3 Å². The number of nitrogens with zero attached hydrogens (tertiary/aromatic N) is 5. The Kier molecular flexibility index (Phi) is 4.69. The van der Waals surface area contributed by atoms with E-state index in [1.165, 1.54) is 11.8 Å². The quantitative estimate of drug-likeness (QED) is 0.498. The molecule has 1 aliphatic carbocycles. The number of aromatic nitrogens is 5. The van der Waals surface area contributed by atoms with E-state index >= 15 is 0 Å². The van der Waals surface area contributed by atoms with Crippen LogP contribution in [-0.2, 0) is 5.75 Å². The van der Waals surface area contributed by atoms with Crippen LogP contribution >= 0.6 is 11.8 Å². The Morgan fingerprint density at radius 3 is 2.72 bits per heavy atom. The summed E-state index contributed by atoms with van der Waals surface area (Å²) in [5.41, 5.74) is 2.37. The molecule has 2 heterocycles. The minimum atomic E-state index is -0.0398. The molecule has 7 nitrogen and oxygen atoms in total. The molecule has 1 fully saturated rings. The predicted molar refractivity (Wildman–Crippen MR) is 111 cm³/mol. The van der Waals surface area contributed by atoms with E-state index in [4.69, 9.17) is 4.98 Å². The third-order valence-corrected chi connectivity index (χ3v) is 5.64. The van der Waals surface area contributed by atoms with Gasteiger partial charge in [0.15, 0.2) is 5.82 Å².